The number of rotatable bonds is 3. The fourth-order valence-electron chi connectivity index (χ4n) is 2.10. The van der Waals surface area contributed by atoms with Gasteiger partial charge in [0.1, 0.15) is 0 Å². The first kappa shape index (κ1) is 12.6. The van der Waals surface area contributed by atoms with Crippen LogP contribution in [0.3, 0.4) is 0 Å². The average Bonchev–Trinajstić information content (AvgIpc) is 2.86. The molecule has 0 radical (unpaired) electrons. The second-order valence-electron chi connectivity index (χ2n) is 4.44. The Morgan fingerprint density at radius 1 is 1.32 bits per heavy atom. The van der Waals surface area contributed by atoms with E-state index in [9.17, 15) is 0 Å². The lowest BCUT2D eigenvalue weighted by molar-refractivity contribution is 0.910. The number of hydrogen-bond acceptors (Lipinski definition) is 3. The molecule has 0 saturated carbocycles. The lowest BCUT2D eigenvalue weighted by Crippen LogP contribution is -2.05. The molecule has 0 amide bonds. The number of benzene rings is 1. The van der Waals surface area contributed by atoms with Crippen molar-refractivity contribution in [1.29, 1.82) is 0 Å². The van der Waals surface area contributed by atoms with Crippen LogP contribution in [0.2, 0.25) is 0 Å². The number of pyridine rings is 1. The second kappa shape index (κ2) is 5.31. The van der Waals surface area contributed by atoms with Gasteiger partial charge in [-0.3, -0.25) is 4.98 Å². The molecule has 0 saturated heterocycles. The van der Waals surface area contributed by atoms with Crippen molar-refractivity contribution in [2.24, 2.45) is 0 Å². The minimum Gasteiger partial charge on any atom is -0.377 e. The number of halogens is 1. The van der Waals surface area contributed by atoms with Crippen molar-refractivity contribution >= 4 is 43.7 Å². The van der Waals surface area contributed by atoms with Crippen LogP contribution in [-0.2, 0) is 0 Å². The van der Waals surface area contributed by atoms with Crippen molar-refractivity contribution in [2.45, 2.75) is 13.0 Å². The van der Waals surface area contributed by atoms with E-state index >= 15 is 0 Å². The topological polar surface area (TPSA) is 24.9 Å². The third kappa shape index (κ3) is 2.65. The zero-order valence-electron chi connectivity index (χ0n) is 10.4. The quantitative estimate of drug-likeness (QED) is 0.710. The monoisotopic (exact) mass is 332 g/mol. The van der Waals surface area contributed by atoms with Crippen LogP contribution >= 0.6 is 27.3 Å². The van der Waals surface area contributed by atoms with Gasteiger partial charge in [0.15, 0.2) is 0 Å². The van der Waals surface area contributed by atoms with Crippen molar-refractivity contribution < 1.29 is 0 Å². The predicted molar refractivity (Wildman–Crippen MR) is 85.8 cm³/mol. The number of anilines is 1. The largest absolute Gasteiger partial charge is 0.377 e. The summed E-state index contributed by atoms with van der Waals surface area (Å²) in [6.45, 7) is 2.17. The number of fused-ring (bicyclic) bond motifs is 1. The van der Waals surface area contributed by atoms with E-state index in [-0.39, 0.29) is 6.04 Å². The summed E-state index contributed by atoms with van der Waals surface area (Å²) in [4.78, 5) is 5.53. The molecule has 0 aliphatic carbocycles. The molecular weight excluding hydrogens is 320 g/mol. The fourth-order valence-corrected chi connectivity index (χ4v) is 3.55. The predicted octanol–water partition coefficient (Wildman–Crippen LogP) is 5.23. The Bertz CT molecular complexity index is 703. The minimum absolute atomic E-state index is 0.280. The van der Waals surface area contributed by atoms with E-state index in [1.54, 1.807) is 11.3 Å². The molecule has 1 unspecified atom stereocenters. The fraction of sp³-hybridized carbons (Fsp3) is 0.133. The molecule has 0 aliphatic heterocycles. The van der Waals surface area contributed by atoms with Crippen molar-refractivity contribution in [2.75, 3.05) is 5.32 Å². The molecule has 0 fully saturated rings. The minimum atomic E-state index is 0.280. The van der Waals surface area contributed by atoms with E-state index in [4.69, 9.17) is 0 Å². The Labute approximate surface area is 124 Å². The molecular formula is C15H13BrN2S. The smallest absolute Gasteiger partial charge is 0.0579 e. The van der Waals surface area contributed by atoms with Gasteiger partial charge in [-0.15, -0.1) is 11.3 Å². The molecule has 4 heteroatoms. The van der Waals surface area contributed by atoms with Gasteiger partial charge in [-0.2, -0.15) is 0 Å². The SMILES string of the molecule is CC(Nc1cccc2ccncc12)c1cc(Br)cs1. The van der Waals surface area contributed by atoms with Gasteiger partial charge in [-0.1, -0.05) is 12.1 Å². The summed E-state index contributed by atoms with van der Waals surface area (Å²) in [5, 5.41) is 8.04. The van der Waals surface area contributed by atoms with Crippen LogP contribution < -0.4 is 5.32 Å². The molecule has 0 spiro atoms. The van der Waals surface area contributed by atoms with Gasteiger partial charge < -0.3 is 5.32 Å². The number of thiophene rings is 1. The summed E-state index contributed by atoms with van der Waals surface area (Å²) in [5.41, 5.74) is 1.13. The molecule has 3 aromatic rings. The lowest BCUT2D eigenvalue weighted by Gasteiger charge is -2.15. The Hall–Kier alpha value is -1.39. The van der Waals surface area contributed by atoms with E-state index in [1.165, 1.54) is 10.3 Å². The zero-order chi connectivity index (χ0) is 13.2. The standard InChI is InChI=1S/C15H13BrN2S/c1-10(15-7-12(16)9-19-15)18-14-4-2-3-11-5-6-17-8-13(11)14/h2-10,18H,1H3. The molecule has 96 valence electrons. The van der Waals surface area contributed by atoms with Crippen LogP contribution in [0.25, 0.3) is 10.8 Å². The zero-order valence-corrected chi connectivity index (χ0v) is 12.8. The first-order valence-electron chi connectivity index (χ1n) is 6.07. The van der Waals surface area contributed by atoms with Crippen LogP contribution in [0.15, 0.2) is 52.6 Å². The number of hydrogen-bond donors (Lipinski definition) is 1. The van der Waals surface area contributed by atoms with Crippen LogP contribution in [0.4, 0.5) is 5.69 Å². The van der Waals surface area contributed by atoms with E-state index in [2.05, 4.69) is 62.8 Å². The maximum atomic E-state index is 4.21. The summed E-state index contributed by atoms with van der Waals surface area (Å²) in [5.74, 6) is 0. The van der Waals surface area contributed by atoms with Gasteiger partial charge in [-0.25, -0.2) is 0 Å². The molecule has 3 rings (SSSR count). The molecule has 19 heavy (non-hydrogen) atoms. The first-order valence-corrected chi connectivity index (χ1v) is 7.74. The Balaban J connectivity index is 1.93. The van der Waals surface area contributed by atoms with E-state index < -0.39 is 0 Å². The highest BCUT2D eigenvalue weighted by molar-refractivity contribution is 9.10. The number of nitrogens with one attached hydrogen (secondary N) is 1. The van der Waals surface area contributed by atoms with Gasteiger partial charge in [0.05, 0.1) is 6.04 Å². The first-order chi connectivity index (χ1) is 9.24. The van der Waals surface area contributed by atoms with Crippen molar-refractivity contribution in [3.63, 3.8) is 0 Å². The van der Waals surface area contributed by atoms with Gasteiger partial charge in [0.2, 0.25) is 0 Å². The van der Waals surface area contributed by atoms with Crippen molar-refractivity contribution in [3.8, 4) is 0 Å². The molecule has 2 nitrogen and oxygen atoms in total. The van der Waals surface area contributed by atoms with Crippen LogP contribution in [0.1, 0.15) is 17.8 Å². The number of nitrogens with zero attached hydrogens (tertiary/aromatic N) is 1. The van der Waals surface area contributed by atoms with Crippen LogP contribution in [0.5, 0.6) is 0 Å². The molecule has 0 aliphatic rings. The van der Waals surface area contributed by atoms with Gasteiger partial charge in [0.25, 0.3) is 0 Å². The normalized spacial score (nSPS) is 12.5. The lowest BCUT2D eigenvalue weighted by atomic mass is 10.1. The highest BCUT2D eigenvalue weighted by atomic mass is 79.9. The highest BCUT2D eigenvalue weighted by Gasteiger charge is 2.09. The summed E-state index contributed by atoms with van der Waals surface area (Å²) >= 11 is 5.26. The van der Waals surface area contributed by atoms with Crippen molar-refractivity contribution in [1.82, 2.24) is 4.98 Å². The van der Waals surface area contributed by atoms with Crippen LogP contribution in [-0.4, -0.2) is 4.98 Å². The molecule has 1 atom stereocenters. The maximum Gasteiger partial charge on any atom is 0.0579 e. The highest BCUT2D eigenvalue weighted by Crippen LogP contribution is 2.30. The summed E-state index contributed by atoms with van der Waals surface area (Å²) in [6, 6.07) is 10.8. The van der Waals surface area contributed by atoms with E-state index in [0.717, 1.165) is 15.5 Å². The molecule has 2 aromatic heterocycles. The average molecular weight is 333 g/mol. The Morgan fingerprint density at radius 3 is 3.00 bits per heavy atom. The molecule has 1 N–H and O–H groups in total. The third-order valence-electron chi connectivity index (χ3n) is 3.07. The summed E-state index contributed by atoms with van der Waals surface area (Å²) < 4.78 is 1.14. The molecule has 1 aromatic carbocycles. The molecule has 2 heterocycles. The van der Waals surface area contributed by atoms with Gasteiger partial charge in [-0.05, 0) is 46.4 Å². The Kier molecular flexibility index (Phi) is 3.53. The van der Waals surface area contributed by atoms with E-state index in [1.807, 2.05) is 18.5 Å². The van der Waals surface area contributed by atoms with E-state index in [0.29, 0.717) is 0 Å². The Morgan fingerprint density at radius 2 is 2.21 bits per heavy atom. The maximum absolute atomic E-state index is 4.21. The molecule has 0 bridgehead atoms. The van der Waals surface area contributed by atoms with Crippen molar-refractivity contribution in [3.05, 3.63) is 57.5 Å². The van der Waals surface area contributed by atoms with Gasteiger partial charge in [0, 0.05) is 38.2 Å². The number of aromatic nitrogens is 1. The third-order valence-corrected chi connectivity index (χ3v) is 4.95. The second-order valence-corrected chi connectivity index (χ2v) is 6.29. The van der Waals surface area contributed by atoms with Crippen LogP contribution in [0, 0.1) is 0 Å². The summed E-state index contributed by atoms with van der Waals surface area (Å²) in [7, 11) is 0. The van der Waals surface area contributed by atoms with Gasteiger partial charge >= 0.3 is 0 Å². The summed E-state index contributed by atoms with van der Waals surface area (Å²) in [6.07, 6.45) is 3.74.